The van der Waals surface area contributed by atoms with Gasteiger partial charge in [-0.2, -0.15) is 25.3 Å². The Morgan fingerprint density at radius 3 is 2.30 bits per heavy atom. The standard InChI is InChI=1S/C8H16S2/c9-7-5-3-1-2-4-6-8-10/h5,7,9-10H,1-4,6,8H2. The number of unbranched alkanes of at least 4 members (excludes halogenated alkanes) is 4. The first-order valence-corrected chi connectivity index (χ1v) is 4.96. The molecular formula is C8H16S2. The van der Waals surface area contributed by atoms with Gasteiger partial charge in [0.1, 0.15) is 0 Å². The molecule has 0 unspecified atom stereocenters. The predicted octanol–water partition coefficient (Wildman–Crippen LogP) is 3.31. The van der Waals surface area contributed by atoms with Crippen LogP contribution in [-0.2, 0) is 0 Å². The van der Waals surface area contributed by atoms with Crippen molar-refractivity contribution in [1.82, 2.24) is 0 Å². The van der Waals surface area contributed by atoms with Crippen LogP contribution in [0.5, 0.6) is 0 Å². The first kappa shape index (κ1) is 10.4. The maximum absolute atomic E-state index is 4.14. The van der Waals surface area contributed by atoms with Crippen LogP contribution in [0.1, 0.15) is 32.1 Å². The highest BCUT2D eigenvalue weighted by Gasteiger charge is 1.85. The molecule has 0 N–H and O–H groups in total. The molecule has 2 heteroatoms. The third-order valence-electron chi connectivity index (χ3n) is 1.38. The molecule has 0 heterocycles. The smallest absolute Gasteiger partial charge is 0.00979 e. The number of thiol groups is 2. The van der Waals surface area contributed by atoms with Crippen LogP contribution in [0.15, 0.2) is 11.5 Å². The maximum Gasteiger partial charge on any atom is -0.00979 e. The number of allylic oxidation sites excluding steroid dienone is 1. The zero-order valence-corrected chi connectivity index (χ0v) is 8.08. The second-order valence-corrected chi connectivity index (χ2v) is 3.06. The summed E-state index contributed by atoms with van der Waals surface area (Å²) in [5.41, 5.74) is 0. The lowest BCUT2D eigenvalue weighted by Gasteiger charge is -1.94. The lowest BCUT2D eigenvalue weighted by Crippen LogP contribution is -1.77. The molecule has 0 spiro atoms. The van der Waals surface area contributed by atoms with E-state index in [0.717, 1.165) is 5.75 Å². The van der Waals surface area contributed by atoms with Crippen LogP contribution in [0.3, 0.4) is 0 Å². The Balaban J connectivity index is 2.77. The van der Waals surface area contributed by atoms with E-state index < -0.39 is 0 Å². The van der Waals surface area contributed by atoms with E-state index in [2.05, 4.69) is 31.3 Å². The van der Waals surface area contributed by atoms with Crippen molar-refractivity contribution in [3.63, 3.8) is 0 Å². The Hall–Kier alpha value is 0.440. The Morgan fingerprint density at radius 2 is 1.70 bits per heavy atom. The zero-order chi connectivity index (χ0) is 7.66. The van der Waals surface area contributed by atoms with E-state index in [1.54, 1.807) is 0 Å². The monoisotopic (exact) mass is 176 g/mol. The Labute approximate surface area is 74.9 Å². The quantitative estimate of drug-likeness (QED) is 0.450. The van der Waals surface area contributed by atoms with Gasteiger partial charge in [0, 0.05) is 0 Å². The summed E-state index contributed by atoms with van der Waals surface area (Å²) >= 11 is 8.11. The van der Waals surface area contributed by atoms with Gasteiger partial charge in [-0.15, -0.1) is 0 Å². The summed E-state index contributed by atoms with van der Waals surface area (Å²) in [6.45, 7) is 0. The molecule has 0 aromatic carbocycles. The fourth-order valence-electron chi connectivity index (χ4n) is 0.802. The van der Waals surface area contributed by atoms with Crippen molar-refractivity contribution in [2.45, 2.75) is 32.1 Å². The Kier molecular flexibility index (Phi) is 9.86. The minimum Gasteiger partial charge on any atom is -0.179 e. The summed E-state index contributed by atoms with van der Waals surface area (Å²) in [5, 5.41) is 1.82. The highest BCUT2D eigenvalue weighted by atomic mass is 32.1. The SMILES string of the molecule is SC=CCCCCCCS. The van der Waals surface area contributed by atoms with Crippen LogP contribution in [0.4, 0.5) is 0 Å². The van der Waals surface area contributed by atoms with Crippen molar-refractivity contribution in [1.29, 1.82) is 0 Å². The van der Waals surface area contributed by atoms with E-state index >= 15 is 0 Å². The fraction of sp³-hybridized carbons (Fsp3) is 0.750. The molecule has 0 fully saturated rings. The summed E-state index contributed by atoms with van der Waals surface area (Å²) in [7, 11) is 0. The molecular weight excluding hydrogens is 160 g/mol. The average Bonchev–Trinajstić information content (AvgIpc) is 1.97. The molecule has 0 nitrogen and oxygen atoms in total. The molecule has 0 saturated carbocycles. The zero-order valence-electron chi connectivity index (χ0n) is 6.29. The van der Waals surface area contributed by atoms with Crippen LogP contribution in [-0.4, -0.2) is 5.75 Å². The average molecular weight is 176 g/mol. The van der Waals surface area contributed by atoms with Gasteiger partial charge in [0.05, 0.1) is 0 Å². The van der Waals surface area contributed by atoms with Gasteiger partial charge in [-0.1, -0.05) is 18.9 Å². The van der Waals surface area contributed by atoms with E-state index in [9.17, 15) is 0 Å². The van der Waals surface area contributed by atoms with Gasteiger partial charge < -0.3 is 0 Å². The summed E-state index contributed by atoms with van der Waals surface area (Å²) in [5.74, 6) is 1.03. The van der Waals surface area contributed by atoms with Crippen LogP contribution in [0, 0.1) is 0 Å². The van der Waals surface area contributed by atoms with Crippen LogP contribution in [0.25, 0.3) is 0 Å². The molecule has 0 aliphatic carbocycles. The van der Waals surface area contributed by atoms with Gasteiger partial charge in [0.2, 0.25) is 0 Å². The van der Waals surface area contributed by atoms with E-state index in [1.807, 2.05) is 5.41 Å². The molecule has 0 rings (SSSR count). The molecule has 10 heavy (non-hydrogen) atoms. The van der Waals surface area contributed by atoms with Crippen LogP contribution < -0.4 is 0 Å². The molecule has 0 aliphatic heterocycles. The van der Waals surface area contributed by atoms with Crippen molar-refractivity contribution in [3.8, 4) is 0 Å². The van der Waals surface area contributed by atoms with Crippen molar-refractivity contribution in [2.75, 3.05) is 5.75 Å². The Morgan fingerprint density at radius 1 is 1.00 bits per heavy atom. The van der Waals surface area contributed by atoms with E-state index in [1.165, 1.54) is 32.1 Å². The van der Waals surface area contributed by atoms with Gasteiger partial charge in [0.25, 0.3) is 0 Å². The topological polar surface area (TPSA) is 0 Å². The lowest BCUT2D eigenvalue weighted by molar-refractivity contribution is 0.679. The Bertz CT molecular complexity index is 79.3. The molecule has 0 bridgehead atoms. The second kappa shape index (κ2) is 9.44. The summed E-state index contributed by atoms with van der Waals surface area (Å²) in [4.78, 5) is 0. The van der Waals surface area contributed by atoms with E-state index in [-0.39, 0.29) is 0 Å². The predicted molar refractivity (Wildman–Crippen MR) is 55.1 cm³/mol. The van der Waals surface area contributed by atoms with Gasteiger partial charge in [-0.05, 0) is 30.4 Å². The summed E-state index contributed by atoms with van der Waals surface area (Å²) < 4.78 is 0. The van der Waals surface area contributed by atoms with Crippen LogP contribution in [0.2, 0.25) is 0 Å². The first-order valence-electron chi connectivity index (χ1n) is 3.82. The highest BCUT2D eigenvalue weighted by Crippen LogP contribution is 2.04. The maximum atomic E-state index is 4.14. The third-order valence-corrected chi connectivity index (χ3v) is 1.91. The summed E-state index contributed by atoms with van der Waals surface area (Å²) in [6, 6.07) is 0. The van der Waals surface area contributed by atoms with Gasteiger partial charge in [-0.25, -0.2) is 0 Å². The third kappa shape index (κ3) is 8.44. The molecule has 60 valence electrons. The molecule has 0 atom stereocenters. The van der Waals surface area contributed by atoms with Crippen molar-refractivity contribution in [2.24, 2.45) is 0 Å². The van der Waals surface area contributed by atoms with Crippen molar-refractivity contribution < 1.29 is 0 Å². The van der Waals surface area contributed by atoms with E-state index in [4.69, 9.17) is 0 Å². The minimum atomic E-state index is 1.03. The molecule has 0 radical (unpaired) electrons. The summed E-state index contributed by atoms with van der Waals surface area (Å²) in [6.07, 6.45) is 8.49. The van der Waals surface area contributed by atoms with Crippen LogP contribution >= 0.6 is 25.3 Å². The lowest BCUT2D eigenvalue weighted by atomic mass is 10.1. The van der Waals surface area contributed by atoms with Gasteiger partial charge >= 0.3 is 0 Å². The number of rotatable bonds is 6. The molecule has 0 aromatic heterocycles. The normalized spacial score (nSPS) is 11.0. The highest BCUT2D eigenvalue weighted by molar-refractivity contribution is 7.83. The van der Waals surface area contributed by atoms with Crippen molar-refractivity contribution >= 4 is 25.3 Å². The number of hydrogen-bond acceptors (Lipinski definition) is 2. The minimum absolute atomic E-state index is 1.03. The van der Waals surface area contributed by atoms with Gasteiger partial charge in [0.15, 0.2) is 0 Å². The molecule has 0 aromatic rings. The van der Waals surface area contributed by atoms with E-state index in [0.29, 0.717) is 0 Å². The molecule has 0 saturated heterocycles. The molecule has 0 aliphatic rings. The van der Waals surface area contributed by atoms with Gasteiger partial charge in [-0.3, -0.25) is 0 Å². The number of hydrogen-bond donors (Lipinski definition) is 2. The first-order chi connectivity index (χ1) is 4.91. The fourth-order valence-corrected chi connectivity index (χ4v) is 1.17. The largest absolute Gasteiger partial charge is 0.179 e. The van der Waals surface area contributed by atoms with Crippen molar-refractivity contribution in [3.05, 3.63) is 11.5 Å². The molecule has 0 amide bonds. The second-order valence-electron chi connectivity index (χ2n) is 2.31.